The van der Waals surface area contributed by atoms with Crippen LogP contribution >= 0.6 is 0 Å². The Kier molecular flexibility index (Phi) is 4.96. The number of carbonyl (C=O) groups is 1. The first kappa shape index (κ1) is 18.5. The van der Waals surface area contributed by atoms with E-state index in [9.17, 15) is 4.79 Å². The fourth-order valence-corrected chi connectivity index (χ4v) is 4.12. The molecule has 4 aromatic rings. The Hall–Kier alpha value is -3.55. The molecule has 0 spiro atoms. The summed E-state index contributed by atoms with van der Waals surface area (Å²) in [5.74, 6) is 0.463. The van der Waals surface area contributed by atoms with Gasteiger partial charge in [0.25, 0.3) is 5.91 Å². The summed E-state index contributed by atoms with van der Waals surface area (Å²) in [5, 5.41) is 0. The maximum Gasteiger partial charge on any atom is 0.255 e. The van der Waals surface area contributed by atoms with Gasteiger partial charge in [-0.1, -0.05) is 6.07 Å². The van der Waals surface area contributed by atoms with Crippen LogP contribution in [-0.4, -0.2) is 53.0 Å². The lowest BCUT2D eigenvalue weighted by Crippen LogP contribution is -2.41. The summed E-state index contributed by atoms with van der Waals surface area (Å²) in [6.07, 6.45) is 12.9. The lowest BCUT2D eigenvalue weighted by Gasteiger charge is -2.33. The van der Waals surface area contributed by atoms with Crippen molar-refractivity contribution in [3.05, 3.63) is 73.0 Å². The predicted octanol–water partition coefficient (Wildman–Crippen LogP) is 2.62. The molecule has 1 atom stereocenters. The van der Waals surface area contributed by atoms with Gasteiger partial charge in [-0.15, -0.1) is 0 Å². The fraction of sp³-hybridized carbons (Fsp3) is 0.318. The van der Waals surface area contributed by atoms with Crippen LogP contribution in [0.1, 0.15) is 28.9 Å². The number of likely N-dealkylation sites (tertiary alicyclic amines) is 1. The van der Waals surface area contributed by atoms with Crippen molar-refractivity contribution in [2.45, 2.75) is 25.9 Å². The molecule has 1 fully saturated rings. The number of piperidine rings is 1. The molecule has 0 bridgehead atoms. The van der Waals surface area contributed by atoms with Crippen LogP contribution in [0.25, 0.3) is 11.2 Å². The maximum absolute atomic E-state index is 13.1. The van der Waals surface area contributed by atoms with Gasteiger partial charge in [-0.05, 0) is 37.0 Å². The SMILES string of the molecule is O=C(c1cnc2c(c1)ncn2Cc1ccccn1)N1CCCC(Cn2ccnc2)C1. The summed E-state index contributed by atoms with van der Waals surface area (Å²) in [7, 11) is 0. The number of hydrogen-bond acceptors (Lipinski definition) is 5. The van der Waals surface area contributed by atoms with Gasteiger partial charge in [0.15, 0.2) is 5.65 Å². The van der Waals surface area contributed by atoms with Crippen LogP contribution in [0.4, 0.5) is 0 Å². The number of fused-ring (bicyclic) bond motifs is 1. The summed E-state index contributed by atoms with van der Waals surface area (Å²) in [6.45, 7) is 3.02. The molecule has 0 aliphatic carbocycles. The second kappa shape index (κ2) is 8.06. The highest BCUT2D eigenvalue weighted by Gasteiger charge is 2.25. The van der Waals surface area contributed by atoms with Crippen LogP contribution in [0.3, 0.4) is 0 Å². The van der Waals surface area contributed by atoms with Crippen molar-refractivity contribution in [3.63, 3.8) is 0 Å². The highest BCUT2D eigenvalue weighted by molar-refractivity contribution is 5.96. The zero-order valence-corrected chi connectivity index (χ0v) is 16.6. The van der Waals surface area contributed by atoms with Crippen LogP contribution in [-0.2, 0) is 13.1 Å². The topological polar surface area (TPSA) is 81.7 Å². The van der Waals surface area contributed by atoms with Crippen LogP contribution in [0.15, 0.2) is 61.7 Å². The Morgan fingerprint density at radius 3 is 2.93 bits per heavy atom. The van der Waals surface area contributed by atoms with Crippen molar-refractivity contribution in [2.75, 3.05) is 13.1 Å². The Bertz CT molecular complexity index is 1140. The molecule has 1 unspecified atom stereocenters. The molecule has 0 saturated carbocycles. The molecular weight excluding hydrogens is 378 g/mol. The van der Waals surface area contributed by atoms with Gasteiger partial charge in [0.05, 0.1) is 30.5 Å². The van der Waals surface area contributed by atoms with Crippen molar-refractivity contribution in [1.29, 1.82) is 0 Å². The molecule has 1 amide bonds. The monoisotopic (exact) mass is 401 g/mol. The largest absolute Gasteiger partial charge is 0.338 e. The van der Waals surface area contributed by atoms with E-state index in [-0.39, 0.29) is 5.91 Å². The lowest BCUT2D eigenvalue weighted by molar-refractivity contribution is 0.0662. The minimum Gasteiger partial charge on any atom is -0.338 e. The van der Waals surface area contributed by atoms with Gasteiger partial charge in [-0.25, -0.2) is 15.0 Å². The van der Waals surface area contributed by atoms with E-state index in [1.807, 2.05) is 46.3 Å². The Morgan fingerprint density at radius 1 is 1.13 bits per heavy atom. The smallest absolute Gasteiger partial charge is 0.255 e. The van der Waals surface area contributed by atoms with E-state index >= 15 is 0 Å². The van der Waals surface area contributed by atoms with E-state index in [0.717, 1.165) is 49.3 Å². The molecule has 0 radical (unpaired) electrons. The Morgan fingerprint density at radius 2 is 2.10 bits per heavy atom. The summed E-state index contributed by atoms with van der Waals surface area (Å²) in [5.41, 5.74) is 3.02. The Balaban J connectivity index is 1.31. The number of hydrogen-bond donors (Lipinski definition) is 0. The molecule has 0 aromatic carbocycles. The number of rotatable bonds is 5. The number of pyridine rings is 2. The second-order valence-electron chi connectivity index (χ2n) is 7.78. The summed E-state index contributed by atoms with van der Waals surface area (Å²) in [4.78, 5) is 32.5. The summed E-state index contributed by atoms with van der Waals surface area (Å²) >= 11 is 0. The molecule has 4 aromatic heterocycles. The number of nitrogens with zero attached hydrogens (tertiary/aromatic N) is 7. The van der Waals surface area contributed by atoms with Crippen LogP contribution in [0.5, 0.6) is 0 Å². The first-order valence-corrected chi connectivity index (χ1v) is 10.2. The third-order valence-corrected chi connectivity index (χ3v) is 5.60. The molecule has 0 N–H and O–H groups in total. The molecule has 8 nitrogen and oxygen atoms in total. The number of imidazole rings is 2. The molecule has 1 aliphatic heterocycles. The quantitative estimate of drug-likeness (QED) is 0.513. The highest BCUT2D eigenvalue weighted by Crippen LogP contribution is 2.21. The van der Waals surface area contributed by atoms with Gasteiger partial charge >= 0.3 is 0 Å². The van der Waals surface area contributed by atoms with Crippen molar-refractivity contribution in [3.8, 4) is 0 Å². The van der Waals surface area contributed by atoms with Gasteiger partial charge in [0.2, 0.25) is 0 Å². The number of aromatic nitrogens is 6. The number of carbonyl (C=O) groups excluding carboxylic acids is 1. The predicted molar refractivity (Wildman–Crippen MR) is 112 cm³/mol. The van der Waals surface area contributed by atoms with E-state index in [1.165, 1.54) is 0 Å². The lowest BCUT2D eigenvalue weighted by atomic mass is 9.97. The maximum atomic E-state index is 13.1. The van der Waals surface area contributed by atoms with Crippen LogP contribution in [0.2, 0.25) is 0 Å². The minimum atomic E-state index is 0.0269. The second-order valence-corrected chi connectivity index (χ2v) is 7.78. The van der Waals surface area contributed by atoms with Crippen LogP contribution < -0.4 is 0 Å². The van der Waals surface area contributed by atoms with E-state index < -0.39 is 0 Å². The third kappa shape index (κ3) is 3.80. The van der Waals surface area contributed by atoms with Crippen LogP contribution in [0, 0.1) is 5.92 Å². The van der Waals surface area contributed by atoms with Crippen molar-refractivity contribution in [2.24, 2.45) is 5.92 Å². The fourth-order valence-electron chi connectivity index (χ4n) is 4.12. The first-order chi connectivity index (χ1) is 14.8. The standard InChI is InChI=1S/C22H23N7O/c30-22(28-8-3-4-17(13-28)12-27-9-7-23-15-27)18-10-20-21(25-11-18)29(16-26-20)14-19-5-1-2-6-24-19/h1-2,5-7,9-11,15-17H,3-4,8,12-14H2. The van der Waals surface area contributed by atoms with Gasteiger partial charge in [-0.3, -0.25) is 9.78 Å². The number of amides is 1. The van der Waals surface area contributed by atoms with E-state index in [0.29, 0.717) is 18.0 Å². The summed E-state index contributed by atoms with van der Waals surface area (Å²) < 4.78 is 4.04. The molecule has 1 aliphatic rings. The van der Waals surface area contributed by atoms with Gasteiger partial charge in [0, 0.05) is 44.4 Å². The third-order valence-electron chi connectivity index (χ3n) is 5.60. The first-order valence-electron chi connectivity index (χ1n) is 10.2. The molecule has 1 saturated heterocycles. The van der Waals surface area contributed by atoms with Gasteiger partial charge in [0.1, 0.15) is 5.52 Å². The van der Waals surface area contributed by atoms with Crippen molar-refractivity contribution in [1.82, 2.24) is 34.0 Å². The van der Waals surface area contributed by atoms with Crippen molar-refractivity contribution < 1.29 is 4.79 Å². The minimum absolute atomic E-state index is 0.0269. The molecule has 8 heteroatoms. The molecule has 152 valence electrons. The zero-order chi connectivity index (χ0) is 20.3. The molecule has 5 rings (SSSR count). The zero-order valence-electron chi connectivity index (χ0n) is 16.6. The van der Waals surface area contributed by atoms with E-state index in [1.54, 1.807) is 24.9 Å². The normalized spacial score (nSPS) is 16.8. The molecule has 30 heavy (non-hydrogen) atoms. The van der Waals surface area contributed by atoms with Gasteiger partial charge < -0.3 is 14.0 Å². The van der Waals surface area contributed by atoms with Crippen molar-refractivity contribution >= 4 is 17.1 Å². The highest BCUT2D eigenvalue weighted by atomic mass is 16.2. The van der Waals surface area contributed by atoms with E-state index in [4.69, 9.17) is 0 Å². The molecule has 5 heterocycles. The summed E-state index contributed by atoms with van der Waals surface area (Å²) in [6, 6.07) is 7.68. The average molecular weight is 401 g/mol. The molecular formula is C22H23N7O. The van der Waals surface area contributed by atoms with E-state index in [2.05, 4.69) is 24.5 Å². The Labute approximate surface area is 174 Å². The average Bonchev–Trinajstić information content (AvgIpc) is 3.44. The van der Waals surface area contributed by atoms with Gasteiger partial charge in [-0.2, -0.15) is 0 Å².